The van der Waals surface area contributed by atoms with Crippen LogP contribution < -0.4 is 5.73 Å². The van der Waals surface area contributed by atoms with Crippen molar-refractivity contribution in [3.8, 4) is 0 Å². The van der Waals surface area contributed by atoms with Crippen LogP contribution in [0.1, 0.15) is 23.2 Å². The van der Waals surface area contributed by atoms with Gasteiger partial charge in [0, 0.05) is 18.3 Å². The number of nitrogen functional groups attached to an aromatic ring is 1. The Bertz CT molecular complexity index is 644. The van der Waals surface area contributed by atoms with Gasteiger partial charge in [0.25, 0.3) is 0 Å². The molecule has 1 aromatic carbocycles. The number of nitrogens with zero attached hydrogens (tertiary/aromatic N) is 1. The summed E-state index contributed by atoms with van der Waals surface area (Å²) in [7, 11) is -2.73. The third kappa shape index (κ3) is 2.87. The van der Waals surface area contributed by atoms with Crippen LogP contribution in [0.15, 0.2) is 23.1 Å². The summed E-state index contributed by atoms with van der Waals surface area (Å²) in [5.74, 6) is -0.742. The first-order valence-electron chi connectivity index (χ1n) is 6.52. The second kappa shape index (κ2) is 6.00. The van der Waals surface area contributed by atoms with Crippen LogP contribution >= 0.6 is 0 Å². The Morgan fingerprint density at radius 1 is 1.52 bits per heavy atom. The fraction of sp³-hybridized carbons (Fsp3) is 0.462. The molecule has 0 aliphatic carbocycles. The lowest BCUT2D eigenvalue weighted by molar-refractivity contribution is 0.0596. The molecule has 2 rings (SSSR count). The van der Waals surface area contributed by atoms with Crippen LogP contribution in [0.2, 0.25) is 0 Å². The molecule has 0 amide bonds. The molecule has 0 aromatic heterocycles. The van der Waals surface area contributed by atoms with Crippen LogP contribution in [0, 0.1) is 0 Å². The molecule has 8 heteroatoms. The average molecular weight is 314 g/mol. The molecule has 0 saturated carbocycles. The molecular weight excluding hydrogens is 296 g/mol. The van der Waals surface area contributed by atoms with E-state index in [1.165, 1.54) is 29.6 Å². The summed E-state index contributed by atoms with van der Waals surface area (Å²) in [6, 6.07) is 3.55. The summed E-state index contributed by atoms with van der Waals surface area (Å²) >= 11 is 0. The maximum absolute atomic E-state index is 12.7. The summed E-state index contributed by atoms with van der Waals surface area (Å²) in [5.41, 5.74) is 5.82. The predicted octanol–water partition coefficient (Wildman–Crippen LogP) is 0.201. The van der Waals surface area contributed by atoms with Gasteiger partial charge in [0.1, 0.15) is 0 Å². The lowest BCUT2D eigenvalue weighted by Crippen LogP contribution is -2.38. The first kappa shape index (κ1) is 15.7. The zero-order valence-corrected chi connectivity index (χ0v) is 12.5. The van der Waals surface area contributed by atoms with Crippen molar-refractivity contribution in [2.24, 2.45) is 0 Å². The highest BCUT2D eigenvalue weighted by Gasteiger charge is 2.37. The summed E-state index contributed by atoms with van der Waals surface area (Å²) in [6.07, 6.45) is 1.26. The lowest BCUT2D eigenvalue weighted by atomic mass is 10.2. The molecule has 1 aliphatic rings. The maximum Gasteiger partial charge on any atom is 0.339 e. The van der Waals surface area contributed by atoms with Gasteiger partial charge in [0.2, 0.25) is 10.0 Å². The minimum absolute atomic E-state index is 0.0599. The van der Waals surface area contributed by atoms with E-state index in [1.54, 1.807) is 0 Å². The highest BCUT2D eigenvalue weighted by Crippen LogP contribution is 2.29. The van der Waals surface area contributed by atoms with Gasteiger partial charge in [-0.25, -0.2) is 13.2 Å². The van der Waals surface area contributed by atoms with Crippen LogP contribution in [0.5, 0.6) is 0 Å². The van der Waals surface area contributed by atoms with Gasteiger partial charge < -0.3 is 15.6 Å². The van der Waals surface area contributed by atoms with Crippen molar-refractivity contribution in [2.45, 2.75) is 23.8 Å². The highest BCUT2D eigenvalue weighted by atomic mass is 32.2. The molecule has 21 heavy (non-hydrogen) atoms. The number of carbonyl (C=O) groups excluding carboxylic acids is 1. The number of aliphatic hydroxyl groups excluding tert-OH is 1. The Morgan fingerprint density at radius 2 is 2.24 bits per heavy atom. The van der Waals surface area contributed by atoms with E-state index in [-0.39, 0.29) is 22.8 Å². The van der Waals surface area contributed by atoms with Crippen molar-refractivity contribution in [1.29, 1.82) is 0 Å². The van der Waals surface area contributed by atoms with E-state index >= 15 is 0 Å². The molecule has 1 aromatic rings. The van der Waals surface area contributed by atoms with Crippen molar-refractivity contribution >= 4 is 21.7 Å². The topological polar surface area (TPSA) is 110 Å². The number of hydrogen-bond acceptors (Lipinski definition) is 6. The third-order valence-corrected chi connectivity index (χ3v) is 5.52. The Labute approximate surface area is 123 Å². The molecule has 0 radical (unpaired) electrons. The van der Waals surface area contributed by atoms with E-state index in [0.29, 0.717) is 19.4 Å². The molecule has 1 heterocycles. The number of esters is 1. The zero-order chi connectivity index (χ0) is 15.6. The van der Waals surface area contributed by atoms with Crippen LogP contribution in [0.25, 0.3) is 0 Å². The number of rotatable bonds is 4. The van der Waals surface area contributed by atoms with E-state index in [2.05, 4.69) is 4.74 Å². The summed E-state index contributed by atoms with van der Waals surface area (Å²) < 4.78 is 31.3. The standard InChI is InChI=1S/C13H18N2O5S/c1-20-13(17)11-5-4-9(14)7-12(11)21(18,19)15-6-2-3-10(15)8-16/h4-5,7,10,16H,2-3,6,8,14H2,1H3/t10-/m1/s1. The van der Waals surface area contributed by atoms with Crippen molar-refractivity contribution in [1.82, 2.24) is 4.31 Å². The molecule has 1 fully saturated rings. The maximum atomic E-state index is 12.7. The third-order valence-electron chi connectivity index (χ3n) is 3.53. The van der Waals surface area contributed by atoms with Crippen LogP contribution in [-0.4, -0.2) is 50.1 Å². The van der Waals surface area contributed by atoms with E-state index in [1.807, 2.05) is 0 Å². The smallest absolute Gasteiger partial charge is 0.339 e. The highest BCUT2D eigenvalue weighted by molar-refractivity contribution is 7.89. The van der Waals surface area contributed by atoms with E-state index in [4.69, 9.17) is 5.73 Å². The second-order valence-electron chi connectivity index (χ2n) is 4.84. The van der Waals surface area contributed by atoms with Crippen molar-refractivity contribution in [3.05, 3.63) is 23.8 Å². The van der Waals surface area contributed by atoms with Gasteiger partial charge in [0.15, 0.2) is 0 Å². The van der Waals surface area contributed by atoms with Crippen LogP contribution in [-0.2, 0) is 14.8 Å². The number of carbonyl (C=O) groups is 1. The van der Waals surface area contributed by atoms with Gasteiger partial charge in [-0.1, -0.05) is 0 Å². The van der Waals surface area contributed by atoms with Crippen molar-refractivity contribution in [2.75, 3.05) is 26.0 Å². The average Bonchev–Trinajstić information content (AvgIpc) is 2.95. The molecule has 3 N–H and O–H groups in total. The molecule has 1 aliphatic heterocycles. The summed E-state index contributed by atoms with van der Waals surface area (Å²) in [5, 5.41) is 9.30. The molecule has 1 atom stereocenters. The molecule has 7 nitrogen and oxygen atoms in total. The second-order valence-corrected chi connectivity index (χ2v) is 6.70. The first-order chi connectivity index (χ1) is 9.91. The van der Waals surface area contributed by atoms with Crippen LogP contribution in [0.4, 0.5) is 5.69 Å². The van der Waals surface area contributed by atoms with E-state index in [9.17, 15) is 18.3 Å². The van der Waals surface area contributed by atoms with Gasteiger partial charge in [-0.3, -0.25) is 0 Å². The molecule has 0 spiro atoms. The number of methoxy groups -OCH3 is 1. The van der Waals surface area contributed by atoms with Gasteiger partial charge in [0.05, 0.1) is 24.2 Å². The number of aliphatic hydroxyl groups is 1. The fourth-order valence-corrected chi connectivity index (χ4v) is 4.37. The number of benzene rings is 1. The number of hydrogen-bond donors (Lipinski definition) is 2. The first-order valence-corrected chi connectivity index (χ1v) is 7.96. The molecule has 116 valence electrons. The van der Waals surface area contributed by atoms with Gasteiger partial charge in [-0.2, -0.15) is 4.31 Å². The molecule has 1 saturated heterocycles. The van der Waals surface area contributed by atoms with Crippen molar-refractivity contribution < 1.29 is 23.1 Å². The quantitative estimate of drug-likeness (QED) is 0.607. The number of nitrogens with two attached hydrogens (primary N) is 1. The minimum atomic E-state index is -3.92. The Morgan fingerprint density at radius 3 is 2.86 bits per heavy atom. The van der Waals surface area contributed by atoms with Gasteiger partial charge in [-0.05, 0) is 31.0 Å². The Balaban J connectivity index is 2.53. The van der Waals surface area contributed by atoms with E-state index in [0.717, 1.165) is 0 Å². The Hall–Kier alpha value is -1.64. The van der Waals surface area contributed by atoms with Crippen LogP contribution in [0.3, 0.4) is 0 Å². The Kier molecular flexibility index (Phi) is 4.50. The molecular formula is C13H18N2O5S. The monoisotopic (exact) mass is 314 g/mol. The SMILES string of the molecule is COC(=O)c1ccc(N)cc1S(=O)(=O)N1CCC[C@@H]1CO. The normalized spacial score (nSPS) is 19.6. The van der Waals surface area contributed by atoms with Gasteiger partial charge in [-0.15, -0.1) is 0 Å². The van der Waals surface area contributed by atoms with E-state index < -0.39 is 22.0 Å². The summed E-state index contributed by atoms with van der Waals surface area (Å²) in [4.78, 5) is 11.6. The number of ether oxygens (including phenoxy) is 1. The molecule has 0 bridgehead atoms. The lowest BCUT2D eigenvalue weighted by Gasteiger charge is -2.23. The van der Waals surface area contributed by atoms with Gasteiger partial charge >= 0.3 is 5.97 Å². The fourth-order valence-electron chi connectivity index (χ4n) is 2.47. The largest absolute Gasteiger partial charge is 0.465 e. The number of sulfonamides is 1. The van der Waals surface area contributed by atoms with Crippen molar-refractivity contribution in [3.63, 3.8) is 0 Å². The predicted molar refractivity (Wildman–Crippen MR) is 76.2 cm³/mol. The number of anilines is 1. The summed E-state index contributed by atoms with van der Waals surface area (Å²) in [6.45, 7) is 0.0536. The zero-order valence-electron chi connectivity index (χ0n) is 11.7. The minimum Gasteiger partial charge on any atom is -0.465 e. The molecule has 0 unspecified atom stereocenters.